The Bertz CT molecular complexity index is 899. The Hall–Kier alpha value is -3.59. The summed E-state index contributed by atoms with van der Waals surface area (Å²) in [6.07, 6.45) is 6.39. The molecule has 25 heavy (non-hydrogen) atoms. The van der Waals surface area contributed by atoms with E-state index in [1.54, 1.807) is 24.5 Å². The molecular weight excluding hydrogens is 314 g/mol. The highest BCUT2D eigenvalue weighted by atomic mass is 16.1. The van der Waals surface area contributed by atoms with Crippen LogP contribution in [-0.4, -0.2) is 20.9 Å². The van der Waals surface area contributed by atoms with Crippen molar-refractivity contribution >= 4 is 5.91 Å². The fourth-order valence-corrected chi connectivity index (χ4v) is 2.36. The number of benzene rings is 1. The molecule has 0 aliphatic carbocycles. The van der Waals surface area contributed by atoms with E-state index in [4.69, 9.17) is 5.26 Å². The Labute approximate surface area is 145 Å². The van der Waals surface area contributed by atoms with Crippen LogP contribution in [0.1, 0.15) is 34.6 Å². The van der Waals surface area contributed by atoms with Crippen LogP contribution in [0.3, 0.4) is 0 Å². The van der Waals surface area contributed by atoms with E-state index in [2.05, 4.69) is 20.3 Å². The Morgan fingerprint density at radius 3 is 2.36 bits per heavy atom. The van der Waals surface area contributed by atoms with Crippen LogP contribution in [0, 0.1) is 11.3 Å². The number of rotatable bonds is 4. The third-order valence-corrected chi connectivity index (χ3v) is 3.78. The minimum atomic E-state index is -0.280. The van der Waals surface area contributed by atoms with Gasteiger partial charge in [-0.05, 0) is 30.2 Å². The molecular formula is C19H15N5O. The summed E-state index contributed by atoms with van der Waals surface area (Å²) in [5.74, 6) is -0.280. The molecule has 6 heteroatoms. The number of hydrogen-bond donors (Lipinski definition) is 1. The second-order valence-corrected chi connectivity index (χ2v) is 5.49. The number of hydrogen-bond acceptors (Lipinski definition) is 5. The summed E-state index contributed by atoms with van der Waals surface area (Å²) in [4.78, 5) is 24.3. The molecule has 2 heterocycles. The molecule has 0 aliphatic rings. The first kappa shape index (κ1) is 16.3. The van der Waals surface area contributed by atoms with E-state index in [9.17, 15) is 4.79 Å². The molecule has 3 rings (SSSR count). The maximum atomic E-state index is 12.2. The van der Waals surface area contributed by atoms with E-state index in [1.807, 2.05) is 37.3 Å². The van der Waals surface area contributed by atoms with Crippen molar-refractivity contribution in [3.63, 3.8) is 0 Å². The molecule has 122 valence electrons. The minimum Gasteiger partial charge on any atom is -0.344 e. The van der Waals surface area contributed by atoms with Crippen LogP contribution in [0.4, 0.5) is 0 Å². The van der Waals surface area contributed by atoms with E-state index in [-0.39, 0.29) is 17.6 Å². The van der Waals surface area contributed by atoms with Crippen molar-refractivity contribution in [2.75, 3.05) is 0 Å². The maximum absolute atomic E-state index is 12.2. The van der Waals surface area contributed by atoms with Gasteiger partial charge in [-0.25, -0.2) is 15.0 Å². The topological polar surface area (TPSA) is 91.6 Å². The fourth-order valence-electron chi connectivity index (χ4n) is 2.36. The zero-order valence-electron chi connectivity index (χ0n) is 13.5. The van der Waals surface area contributed by atoms with Gasteiger partial charge in [-0.15, -0.1) is 0 Å². The van der Waals surface area contributed by atoms with Gasteiger partial charge in [-0.1, -0.05) is 24.3 Å². The molecule has 1 atom stereocenters. The zero-order chi connectivity index (χ0) is 17.6. The van der Waals surface area contributed by atoms with Crippen LogP contribution in [0.2, 0.25) is 0 Å². The molecule has 0 unspecified atom stereocenters. The molecule has 0 aliphatic heterocycles. The molecule has 0 saturated carbocycles. The molecule has 3 aromatic rings. The highest BCUT2D eigenvalue weighted by Crippen LogP contribution is 2.20. The number of nitrogens with one attached hydrogen (secondary N) is 1. The van der Waals surface area contributed by atoms with Gasteiger partial charge in [0.05, 0.1) is 11.6 Å². The molecule has 6 nitrogen and oxygen atoms in total. The standard InChI is InChI=1S/C19H15N5O/c1-13(24-19(25)18-7-2-14(8-20)9-23-18)15-3-5-16(6-4-15)17-10-21-12-22-11-17/h2-7,9-13H,1H3,(H,24,25)/t13-/m1/s1. The highest BCUT2D eigenvalue weighted by molar-refractivity contribution is 5.92. The first-order chi connectivity index (χ1) is 12.2. The molecule has 0 spiro atoms. The summed E-state index contributed by atoms with van der Waals surface area (Å²) in [7, 11) is 0. The van der Waals surface area contributed by atoms with Crippen LogP contribution in [-0.2, 0) is 0 Å². The molecule has 0 radical (unpaired) electrons. The Morgan fingerprint density at radius 1 is 1.04 bits per heavy atom. The molecule has 1 aromatic carbocycles. The number of nitriles is 1. The fraction of sp³-hybridized carbons (Fsp3) is 0.105. The van der Waals surface area contributed by atoms with Gasteiger partial charge >= 0.3 is 0 Å². The van der Waals surface area contributed by atoms with Gasteiger partial charge in [0.2, 0.25) is 0 Å². The van der Waals surface area contributed by atoms with Crippen molar-refractivity contribution < 1.29 is 4.79 Å². The average Bonchev–Trinajstić information content (AvgIpc) is 2.68. The number of nitrogens with zero attached hydrogens (tertiary/aromatic N) is 4. The summed E-state index contributed by atoms with van der Waals surface area (Å²) in [5.41, 5.74) is 3.63. The van der Waals surface area contributed by atoms with E-state index in [1.165, 1.54) is 12.5 Å². The van der Waals surface area contributed by atoms with Crippen molar-refractivity contribution in [2.24, 2.45) is 0 Å². The van der Waals surface area contributed by atoms with Crippen molar-refractivity contribution in [1.29, 1.82) is 5.26 Å². The van der Waals surface area contributed by atoms with E-state index >= 15 is 0 Å². The highest BCUT2D eigenvalue weighted by Gasteiger charge is 2.12. The lowest BCUT2D eigenvalue weighted by molar-refractivity contribution is 0.0935. The summed E-state index contributed by atoms with van der Waals surface area (Å²) in [6.45, 7) is 1.90. The summed E-state index contributed by atoms with van der Waals surface area (Å²) < 4.78 is 0. The third-order valence-electron chi connectivity index (χ3n) is 3.78. The first-order valence-corrected chi connectivity index (χ1v) is 7.70. The molecule has 0 fully saturated rings. The monoisotopic (exact) mass is 329 g/mol. The number of amides is 1. The number of pyridine rings is 1. The van der Waals surface area contributed by atoms with Crippen molar-refractivity contribution in [1.82, 2.24) is 20.3 Å². The molecule has 1 amide bonds. The minimum absolute atomic E-state index is 0.175. The normalized spacial score (nSPS) is 11.4. The quantitative estimate of drug-likeness (QED) is 0.794. The van der Waals surface area contributed by atoms with Gasteiger partial charge in [0.25, 0.3) is 5.91 Å². The Morgan fingerprint density at radius 2 is 1.76 bits per heavy atom. The van der Waals surface area contributed by atoms with Gasteiger partial charge < -0.3 is 5.32 Å². The SMILES string of the molecule is C[C@@H](NC(=O)c1ccc(C#N)cn1)c1ccc(-c2cncnc2)cc1. The van der Waals surface area contributed by atoms with Crippen LogP contribution in [0.5, 0.6) is 0 Å². The number of carbonyl (C=O) groups excluding carboxylic acids is 1. The number of carbonyl (C=O) groups is 1. The van der Waals surface area contributed by atoms with Crippen LogP contribution < -0.4 is 5.32 Å². The van der Waals surface area contributed by atoms with Gasteiger partial charge in [0.15, 0.2) is 0 Å². The van der Waals surface area contributed by atoms with E-state index in [0.29, 0.717) is 5.56 Å². The lowest BCUT2D eigenvalue weighted by atomic mass is 10.0. The van der Waals surface area contributed by atoms with Crippen LogP contribution in [0.25, 0.3) is 11.1 Å². The lowest BCUT2D eigenvalue weighted by Crippen LogP contribution is -2.27. The predicted molar refractivity (Wildman–Crippen MR) is 92.3 cm³/mol. The smallest absolute Gasteiger partial charge is 0.270 e. The van der Waals surface area contributed by atoms with Crippen LogP contribution >= 0.6 is 0 Å². The zero-order valence-corrected chi connectivity index (χ0v) is 13.5. The van der Waals surface area contributed by atoms with Crippen molar-refractivity contribution in [3.05, 3.63) is 78.1 Å². The van der Waals surface area contributed by atoms with Gasteiger partial charge in [0, 0.05) is 24.2 Å². The third kappa shape index (κ3) is 3.85. The van der Waals surface area contributed by atoms with Crippen LogP contribution in [0.15, 0.2) is 61.3 Å². The summed E-state index contributed by atoms with van der Waals surface area (Å²) in [6, 6.07) is 12.8. The average molecular weight is 329 g/mol. The maximum Gasteiger partial charge on any atom is 0.270 e. The summed E-state index contributed by atoms with van der Waals surface area (Å²) in [5, 5.41) is 11.7. The van der Waals surface area contributed by atoms with Crippen molar-refractivity contribution in [2.45, 2.75) is 13.0 Å². The van der Waals surface area contributed by atoms with E-state index < -0.39 is 0 Å². The first-order valence-electron chi connectivity index (χ1n) is 7.70. The second kappa shape index (κ2) is 7.32. The largest absolute Gasteiger partial charge is 0.344 e. The Kier molecular flexibility index (Phi) is 4.77. The summed E-state index contributed by atoms with van der Waals surface area (Å²) >= 11 is 0. The van der Waals surface area contributed by atoms with Crippen molar-refractivity contribution in [3.8, 4) is 17.2 Å². The second-order valence-electron chi connectivity index (χ2n) is 5.49. The van der Waals surface area contributed by atoms with Gasteiger partial charge in [-0.2, -0.15) is 5.26 Å². The molecule has 0 saturated heterocycles. The Balaban J connectivity index is 1.69. The van der Waals surface area contributed by atoms with Gasteiger partial charge in [0.1, 0.15) is 18.1 Å². The van der Waals surface area contributed by atoms with Gasteiger partial charge in [-0.3, -0.25) is 4.79 Å². The number of aromatic nitrogens is 3. The lowest BCUT2D eigenvalue weighted by Gasteiger charge is -2.14. The predicted octanol–water partition coefficient (Wildman–Crippen LogP) is 2.90. The van der Waals surface area contributed by atoms with E-state index in [0.717, 1.165) is 16.7 Å². The molecule has 0 bridgehead atoms. The molecule has 1 N–H and O–H groups in total. The molecule has 2 aromatic heterocycles.